The van der Waals surface area contributed by atoms with Crippen molar-refractivity contribution in [2.75, 3.05) is 7.05 Å². The fourth-order valence-corrected chi connectivity index (χ4v) is 3.25. The molecule has 0 amide bonds. The molecule has 0 saturated carbocycles. The molecule has 0 radical (unpaired) electrons. The predicted octanol–water partition coefficient (Wildman–Crippen LogP) is 4.21. The molecule has 1 aromatic rings. The number of hydrogen-bond acceptors (Lipinski definition) is 2. The number of thiophene rings is 1. The molecule has 0 bridgehead atoms. The zero-order chi connectivity index (χ0) is 10.6. The van der Waals surface area contributed by atoms with Crippen LogP contribution in [0.1, 0.15) is 37.6 Å². The van der Waals surface area contributed by atoms with Crippen molar-refractivity contribution in [1.29, 1.82) is 0 Å². The number of nitrogens with one attached hydrogen (secondary N) is 1. The van der Waals surface area contributed by atoms with Crippen LogP contribution in [0.2, 0.25) is 0 Å². The van der Waals surface area contributed by atoms with Crippen molar-refractivity contribution >= 4 is 27.3 Å². The summed E-state index contributed by atoms with van der Waals surface area (Å²) >= 11 is 5.42. The van der Waals surface area contributed by atoms with Crippen molar-refractivity contribution in [1.82, 2.24) is 5.32 Å². The van der Waals surface area contributed by atoms with Crippen LogP contribution in [0, 0.1) is 5.92 Å². The van der Waals surface area contributed by atoms with E-state index in [0.29, 0.717) is 6.04 Å². The van der Waals surface area contributed by atoms with Gasteiger partial charge in [-0.05, 0) is 46.8 Å². The van der Waals surface area contributed by atoms with E-state index in [0.717, 1.165) is 5.92 Å². The van der Waals surface area contributed by atoms with E-state index >= 15 is 0 Å². The van der Waals surface area contributed by atoms with Gasteiger partial charge in [0, 0.05) is 15.4 Å². The third-order valence-electron chi connectivity index (χ3n) is 2.64. The maximum absolute atomic E-state index is 3.59. The summed E-state index contributed by atoms with van der Waals surface area (Å²) in [6, 6.07) is 2.63. The monoisotopic (exact) mass is 275 g/mol. The van der Waals surface area contributed by atoms with Gasteiger partial charge in [0.2, 0.25) is 0 Å². The van der Waals surface area contributed by atoms with Crippen LogP contribution in [0.3, 0.4) is 0 Å². The first-order valence-corrected chi connectivity index (χ1v) is 6.76. The lowest BCUT2D eigenvalue weighted by atomic mass is 9.98. The molecule has 80 valence electrons. The first-order chi connectivity index (χ1) is 6.69. The van der Waals surface area contributed by atoms with Gasteiger partial charge in [0.25, 0.3) is 0 Å². The highest BCUT2D eigenvalue weighted by atomic mass is 79.9. The van der Waals surface area contributed by atoms with Crippen molar-refractivity contribution < 1.29 is 0 Å². The molecule has 1 aromatic heterocycles. The summed E-state index contributed by atoms with van der Waals surface area (Å²) < 4.78 is 1.24. The van der Waals surface area contributed by atoms with Gasteiger partial charge in [0.05, 0.1) is 0 Å². The first kappa shape index (κ1) is 12.2. The molecular formula is C11H18BrNS. The van der Waals surface area contributed by atoms with Gasteiger partial charge in [0.1, 0.15) is 0 Å². The topological polar surface area (TPSA) is 12.0 Å². The SMILES string of the molecule is CCC(C)CC(NC)c1sccc1Br. The van der Waals surface area contributed by atoms with Crippen LogP contribution in [0.4, 0.5) is 0 Å². The van der Waals surface area contributed by atoms with Gasteiger partial charge in [-0.1, -0.05) is 20.3 Å². The van der Waals surface area contributed by atoms with Crippen LogP contribution in [-0.2, 0) is 0 Å². The van der Waals surface area contributed by atoms with Crippen molar-refractivity contribution in [3.63, 3.8) is 0 Å². The second-order valence-electron chi connectivity index (χ2n) is 3.72. The molecule has 0 spiro atoms. The third kappa shape index (κ3) is 3.07. The predicted molar refractivity (Wildman–Crippen MR) is 67.9 cm³/mol. The van der Waals surface area contributed by atoms with Crippen molar-refractivity contribution in [2.45, 2.75) is 32.7 Å². The molecule has 0 aliphatic carbocycles. The standard InChI is InChI=1S/C11H18BrNS/c1-4-8(2)7-10(13-3)11-9(12)5-6-14-11/h5-6,8,10,13H,4,7H2,1-3H3. The van der Waals surface area contributed by atoms with Gasteiger partial charge in [-0.2, -0.15) is 0 Å². The van der Waals surface area contributed by atoms with Gasteiger partial charge >= 0.3 is 0 Å². The summed E-state index contributed by atoms with van der Waals surface area (Å²) in [7, 11) is 2.04. The summed E-state index contributed by atoms with van der Waals surface area (Å²) in [5.41, 5.74) is 0. The Morgan fingerprint density at radius 1 is 1.57 bits per heavy atom. The summed E-state index contributed by atoms with van der Waals surface area (Å²) in [6.45, 7) is 4.56. The highest BCUT2D eigenvalue weighted by Gasteiger charge is 2.16. The van der Waals surface area contributed by atoms with Crippen molar-refractivity contribution in [3.05, 3.63) is 20.8 Å². The molecule has 2 unspecified atom stereocenters. The molecule has 0 saturated heterocycles. The molecule has 1 heterocycles. The van der Waals surface area contributed by atoms with Crippen molar-refractivity contribution in [3.8, 4) is 0 Å². The summed E-state index contributed by atoms with van der Waals surface area (Å²) in [5.74, 6) is 0.779. The molecule has 1 N–H and O–H groups in total. The highest BCUT2D eigenvalue weighted by molar-refractivity contribution is 9.10. The molecule has 1 rings (SSSR count). The molecule has 0 aliphatic heterocycles. The van der Waals surface area contributed by atoms with Crippen molar-refractivity contribution in [2.24, 2.45) is 5.92 Å². The lowest BCUT2D eigenvalue weighted by Crippen LogP contribution is -2.18. The van der Waals surface area contributed by atoms with E-state index in [1.165, 1.54) is 22.2 Å². The van der Waals surface area contributed by atoms with Gasteiger partial charge in [-0.25, -0.2) is 0 Å². The fraction of sp³-hybridized carbons (Fsp3) is 0.636. The maximum atomic E-state index is 3.59. The van der Waals surface area contributed by atoms with Gasteiger partial charge in [-0.15, -0.1) is 11.3 Å². The second-order valence-corrected chi connectivity index (χ2v) is 5.53. The maximum Gasteiger partial charge on any atom is 0.0426 e. The number of halogens is 1. The van der Waals surface area contributed by atoms with Gasteiger partial charge in [0.15, 0.2) is 0 Å². The molecule has 2 atom stereocenters. The van der Waals surface area contributed by atoms with E-state index < -0.39 is 0 Å². The van der Waals surface area contributed by atoms with Crippen LogP contribution in [0.15, 0.2) is 15.9 Å². The van der Waals surface area contributed by atoms with Crippen LogP contribution >= 0.6 is 27.3 Å². The van der Waals surface area contributed by atoms with Crippen LogP contribution in [0.25, 0.3) is 0 Å². The number of hydrogen-bond donors (Lipinski definition) is 1. The molecule has 0 fully saturated rings. The molecule has 1 nitrogen and oxygen atoms in total. The van der Waals surface area contributed by atoms with Crippen LogP contribution in [-0.4, -0.2) is 7.05 Å². The minimum Gasteiger partial charge on any atom is -0.312 e. The Morgan fingerprint density at radius 3 is 2.71 bits per heavy atom. The molecule has 3 heteroatoms. The Hall–Kier alpha value is 0.140. The molecular weight excluding hydrogens is 258 g/mol. The third-order valence-corrected chi connectivity index (χ3v) is 4.63. The van der Waals surface area contributed by atoms with Gasteiger partial charge in [-0.3, -0.25) is 0 Å². The summed E-state index contributed by atoms with van der Waals surface area (Å²) in [5, 5.41) is 5.53. The fourth-order valence-electron chi connectivity index (χ4n) is 1.48. The van der Waals surface area contributed by atoms with E-state index in [9.17, 15) is 0 Å². The lowest BCUT2D eigenvalue weighted by molar-refractivity contribution is 0.425. The van der Waals surface area contributed by atoms with E-state index in [2.05, 4.69) is 46.5 Å². The normalized spacial score (nSPS) is 15.4. The second kappa shape index (κ2) is 5.89. The Balaban J connectivity index is 2.67. The molecule has 0 aromatic carbocycles. The van der Waals surface area contributed by atoms with Crippen LogP contribution < -0.4 is 5.32 Å². The average Bonchev–Trinajstić information content (AvgIpc) is 2.60. The lowest BCUT2D eigenvalue weighted by Gasteiger charge is -2.19. The van der Waals surface area contributed by atoms with E-state index in [-0.39, 0.29) is 0 Å². The van der Waals surface area contributed by atoms with E-state index in [4.69, 9.17) is 0 Å². The van der Waals surface area contributed by atoms with Gasteiger partial charge < -0.3 is 5.32 Å². The van der Waals surface area contributed by atoms with E-state index in [1.54, 1.807) is 0 Å². The number of rotatable bonds is 5. The Labute approximate surface area is 99.0 Å². The summed E-state index contributed by atoms with van der Waals surface area (Å²) in [6.07, 6.45) is 2.47. The van der Waals surface area contributed by atoms with E-state index in [1.807, 2.05) is 18.4 Å². The Kier molecular flexibility index (Phi) is 5.13. The molecule has 14 heavy (non-hydrogen) atoms. The molecule has 0 aliphatic rings. The minimum absolute atomic E-state index is 0.499. The smallest absolute Gasteiger partial charge is 0.0426 e. The zero-order valence-corrected chi connectivity index (χ0v) is 11.4. The largest absolute Gasteiger partial charge is 0.312 e. The highest BCUT2D eigenvalue weighted by Crippen LogP contribution is 2.32. The zero-order valence-electron chi connectivity index (χ0n) is 9.01. The minimum atomic E-state index is 0.499. The summed E-state index contributed by atoms with van der Waals surface area (Å²) in [4.78, 5) is 1.42. The Morgan fingerprint density at radius 2 is 2.29 bits per heavy atom. The quantitative estimate of drug-likeness (QED) is 0.849. The first-order valence-electron chi connectivity index (χ1n) is 5.09. The Bertz CT molecular complexity index is 272. The van der Waals surface area contributed by atoms with Crippen LogP contribution in [0.5, 0.6) is 0 Å². The average molecular weight is 276 g/mol.